The molecule has 5 rings (SSSR count). The number of rotatable bonds is 6. The predicted octanol–water partition coefficient (Wildman–Crippen LogP) is 4.23. The quantitative estimate of drug-likeness (QED) is 0.418. The molecule has 1 fully saturated rings. The molecule has 0 bridgehead atoms. The number of anilines is 1. The summed E-state index contributed by atoms with van der Waals surface area (Å²) in [5, 5.41) is 21.2. The molecule has 2 N–H and O–H groups in total. The first-order valence-corrected chi connectivity index (χ1v) is 12.6. The molecule has 3 aromatic heterocycles. The molecular weight excluding hydrogens is 460 g/mol. The van der Waals surface area contributed by atoms with Crippen LogP contribution in [0, 0.1) is 6.92 Å². The number of carbonyl (C=O) groups excluding carboxylic acids is 1. The Balaban J connectivity index is 1.44. The highest BCUT2D eigenvalue weighted by Gasteiger charge is 2.24. The third-order valence-corrected chi connectivity index (χ3v) is 7.05. The molecule has 180 valence electrons. The number of amides is 1. The number of aromatic nitrogens is 6. The Labute approximate surface area is 208 Å². The molecule has 1 aromatic carbocycles. The van der Waals surface area contributed by atoms with E-state index >= 15 is 0 Å². The van der Waals surface area contributed by atoms with Gasteiger partial charge in [-0.25, -0.2) is 9.97 Å². The molecule has 0 unspecified atom stereocenters. The largest absolute Gasteiger partial charge is 0.367 e. The van der Waals surface area contributed by atoms with E-state index in [-0.39, 0.29) is 18.0 Å². The van der Waals surface area contributed by atoms with Gasteiger partial charge in [0, 0.05) is 49.6 Å². The Morgan fingerprint density at radius 2 is 1.83 bits per heavy atom. The van der Waals surface area contributed by atoms with Crippen molar-refractivity contribution >= 4 is 23.1 Å². The van der Waals surface area contributed by atoms with E-state index in [0.717, 1.165) is 63.8 Å². The zero-order valence-electron chi connectivity index (χ0n) is 20.0. The highest BCUT2D eigenvalue weighted by Crippen LogP contribution is 2.33. The molecule has 0 saturated heterocycles. The molecule has 1 aliphatic carbocycles. The Kier molecular flexibility index (Phi) is 6.54. The number of nitrogens with zero attached hydrogens (tertiary/aromatic N) is 6. The van der Waals surface area contributed by atoms with E-state index in [1.807, 2.05) is 44.7 Å². The summed E-state index contributed by atoms with van der Waals surface area (Å²) in [5.74, 6) is 1.44. The van der Waals surface area contributed by atoms with Crippen LogP contribution in [-0.4, -0.2) is 47.9 Å². The fourth-order valence-electron chi connectivity index (χ4n) is 4.46. The van der Waals surface area contributed by atoms with Gasteiger partial charge in [-0.15, -0.1) is 10.2 Å². The van der Waals surface area contributed by atoms with Crippen molar-refractivity contribution in [3.8, 4) is 33.1 Å². The first-order valence-electron chi connectivity index (χ1n) is 11.7. The fraction of sp³-hybridized carbons (Fsp3) is 0.360. The van der Waals surface area contributed by atoms with E-state index in [1.54, 1.807) is 11.6 Å². The summed E-state index contributed by atoms with van der Waals surface area (Å²) < 4.78 is 1.79. The normalized spacial score (nSPS) is 17.8. The van der Waals surface area contributed by atoms with E-state index in [4.69, 9.17) is 9.97 Å². The fourth-order valence-corrected chi connectivity index (χ4v) is 5.17. The van der Waals surface area contributed by atoms with Crippen molar-refractivity contribution in [3.05, 3.63) is 47.9 Å². The van der Waals surface area contributed by atoms with Gasteiger partial charge < -0.3 is 10.6 Å². The average Bonchev–Trinajstić information content (AvgIpc) is 3.48. The first kappa shape index (κ1) is 23.1. The van der Waals surface area contributed by atoms with E-state index in [0.29, 0.717) is 5.82 Å². The smallest absolute Gasteiger partial charge is 0.217 e. The van der Waals surface area contributed by atoms with Gasteiger partial charge in [0.1, 0.15) is 10.8 Å². The number of hydrogen-bond donors (Lipinski definition) is 2. The Morgan fingerprint density at radius 3 is 2.51 bits per heavy atom. The van der Waals surface area contributed by atoms with Crippen molar-refractivity contribution in [2.24, 2.45) is 7.05 Å². The van der Waals surface area contributed by atoms with Crippen LogP contribution in [0.4, 0.5) is 5.82 Å². The number of nitrogens with one attached hydrogen (secondary N) is 2. The summed E-state index contributed by atoms with van der Waals surface area (Å²) >= 11 is 1.53. The molecule has 4 aromatic rings. The molecule has 1 aliphatic rings. The summed E-state index contributed by atoms with van der Waals surface area (Å²) in [6.07, 6.45) is 9.47. The zero-order valence-corrected chi connectivity index (χ0v) is 20.8. The standard InChI is InChI=1S/C25H28N8OS/c1-15(34)28-20-7-9-21(10-8-20)29-24-22(25-32-31-16(2)35-25)13-26-23(30-24)18-6-4-5-17(11-18)19-12-27-33(3)14-19/h4-6,11-14,20-21H,7-10H2,1-3H3,(H,28,34)(H,26,29,30). The van der Waals surface area contributed by atoms with Gasteiger partial charge in [0.2, 0.25) is 5.91 Å². The predicted molar refractivity (Wildman–Crippen MR) is 137 cm³/mol. The summed E-state index contributed by atoms with van der Waals surface area (Å²) in [5.41, 5.74) is 3.90. The van der Waals surface area contributed by atoms with Gasteiger partial charge in [-0.3, -0.25) is 9.48 Å². The Hall–Kier alpha value is -3.66. The molecule has 0 aliphatic heterocycles. The van der Waals surface area contributed by atoms with Crippen molar-refractivity contribution in [1.82, 2.24) is 35.3 Å². The number of aryl methyl sites for hydroxylation is 2. The van der Waals surface area contributed by atoms with Gasteiger partial charge in [0.25, 0.3) is 0 Å². The van der Waals surface area contributed by atoms with Crippen LogP contribution in [0.25, 0.3) is 33.1 Å². The van der Waals surface area contributed by atoms with Crippen LogP contribution in [-0.2, 0) is 11.8 Å². The minimum absolute atomic E-state index is 0.0318. The van der Waals surface area contributed by atoms with Crippen LogP contribution < -0.4 is 10.6 Å². The molecule has 9 nitrogen and oxygen atoms in total. The monoisotopic (exact) mass is 488 g/mol. The zero-order chi connectivity index (χ0) is 24.4. The highest BCUT2D eigenvalue weighted by atomic mass is 32.1. The van der Waals surface area contributed by atoms with Crippen molar-refractivity contribution in [1.29, 1.82) is 0 Å². The van der Waals surface area contributed by atoms with Crippen LogP contribution in [0.15, 0.2) is 42.9 Å². The molecule has 0 radical (unpaired) electrons. The molecule has 3 heterocycles. The van der Waals surface area contributed by atoms with Crippen LogP contribution in [0.5, 0.6) is 0 Å². The van der Waals surface area contributed by atoms with E-state index < -0.39 is 0 Å². The third kappa shape index (κ3) is 5.37. The van der Waals surface area contributed by atoms with Crippen molar-refractivity contribution < 1.29 is 4.79 Å². The average molecular weight is 489 g/mol. The minimum Gasteiger partial charge on any atom is -0.367 e. The molecule has 1 amide bonds. The van der Waals surface area contributed by atoms with Gasteiger partial charge in [-0.1, -0.05) is 29.5 Å². The van der Waals surface area contributed by atoms with E-state index in [2.05, 4.69) is 38.1 Å². The number of hydrogen-bond acceptors (Lipinski definition) is 8. The SMILES string of the molecule is CC(=O)NC1CCC(Nc2nc(-c3cccc(-c4cnn(C)c4)c3)ncc2-c2nnc(C)s2)CC1. The lowest BCUT2D eigenvalue weighted by molar-refractivity contribution is -0.119. The van der Waals surface area contributed by atoms with Gasteiger partial charge in [-0.2, -0.15) is 5.10 Å². The highest BCUT2D eigenvalue weighted by molar-refractivity contribution is 7.14. The molecule has 35 heavy (non-hydrogen) atoms. The van der Waals surface area contributed by atoms with E-state index in [1.165, 1.54) is 11.3 Å². The van der Waals surface area contributed by atoms with Crippen molar-refractivity contribution in [2.75, 3.05) is 5.32 Å². The number of benzene rings is 1. The number of carbonyl (C=O) groups is 1. The molecule has 1 saturated carbocycles. The van der Waals surface area contributed by atoms with E-state index in [9.17, 15) is 4.79 Å². The molecular formula is C25H28N8OS. The van der Waals surface area contributed by atoms with Crippen molar-refractivity contribution in [3.63, 3.8) is 0 Å². The van der Waals surface area contributed by atoms with Crippen LogP contribution in [0.1, 0.15) is 37.6 Å². The second-order valence-corrected chi connectivity index (χ2v) is 10.1. The summed E-state index contributed by atoms with van der Waals surface area (Å²) in [4.78, 5) is 21.1. The summed E-state index contributed by atoms with van der Waals surface area (Å²) in [6.45, 7) is 3.52. The molecule has 0 atom stereocenters. The maximum atomic E-state index is 11.4. The minimum atomic E-state index is 0.0318. The van der Waals surface area contributed by atoms with Gasteiger partial charge in [0.05, 0.1) is 11.8 Å². The van der Waals surface area contributed by atoms with Gasteiger partial charge in [-0.05, 0) is 44.2 Å². The molecule has 10 heteroatoms. The lowest BCUT2D eigenvalue weighted by atomic mass is 9.91. The topological polar surface area (TPSA) is 111 Å². The van der Waals surface area contributed by atoms with Gasteiger partial charge in [0.15, 0.2) is 10.8 Å². The maximum Gasteiger partial charge on any atom is 0.217 e. The summed E-state index contributed by atoms with van der Waals surface area (Å²) in [6, 6.07) is 8.69. The second kappa shape index (κ2) is 9.91. The van der Waals surface area contributed by atoms with Crippen molar-refractivity contribution in [2.45, 2.75) is 51.6 Å². The third-order valence-electron chi connectivity index (χ3n) is 6.18. The maximum absolute atomic E-state index is 11.4. The Bertz CT molecular complexity index is 1340. The van der Waals surface area contributed by atoms with Crippen LogP contribution in [0.2, 0.25) is 0 Å². The second-order valence-electron chi connectivity index (χ2n) is 8.96. The Morgan fingerprint density at radius 1 is 1.06 bits per heavy atom. The van der Waals surface area contributed by atoms with Crippen LogP contribution in [0.3, 0.4) is 0 Å². The lowest BCUT2D eigenvalue weighted by Gasteiger charge is -2.30. The molecule has 0 spiro atoms. The van der Waals surface area contributed by atoms with Gasteiger partial charge >= 0.3 is 0 Å². The van der Waals surface area contributed by atoms with Crippen LogP contribution >= 0.6 is 11.3 Å². The lowest BCUT2D eigenvalue weighted by Crippen LogP contribution is -2.39. The summed E-state index contributed by atoms with van der Waals surface area (Å²) in [7, 11) is 1.91. The first-order chi connectivity index (χ1) is 16.9.